The lowest BCUT2D eigenvalue weighted by atomic mass is 10.0. The van der Waals surface area contributed by atoms with Gasteiger partial charge in [0.05, 0.1) is 67.2 Å². The van der Waals surface area contributed by atoms with E-state index in [1.54, 1.807) is 25.6 Å². The van der Waals surface area contributed by atoms with Crippen LogP contribution in [0.5, 0.6) is 17.2 Å². The first-order chi connectivity index (χ1) is 22.3. The van der Waals surface area contributed by atoms with Crippen molar-refractivity contribution in [3.05, 3.63) is 71.6 Å². The third kappa shape index (κ3) is 4.97. The Bertz CT molecular complexity index is 1990. The zero-order valence-corrected chi connectivity index (χ0v) is 27.0. The minimum Gasteiger partial charge on any atom is -0.496 e. The van der Waals surface area contributed by atoms with E-state index < -0.39 is 0 Å². The first-order valence-corrected chi connectivity index (χ1v) is 15.4. The summed E-state index contributed by atoms with van der Waals surface area (Å²) in [7, 11) is 4.71. The van der Waals surface area contributed by atoms with Crippen molar-refractivity contribution in [3.8, 4) is 39.6 Å². The molecular formula is C34H31Cl2N5O5. The monoisotopic (exact) mass is 659 g/mol. The summed E-state index contributed by atoms with van der Waals surface area (Å²) in [6, 6.07) is 9.45. The highest BCUT2D eigenvalue weighted by atomic mass is 35.5. The molecule has 2 unspecified atom stereocenters. The fourth-order valence-corrected chi connectivity index (χ4v) is 7.22. The molecule has 0 radical (unpaired) electrons. The van der Waals surface area contributed by atoms with E-state index in [0.29, 0.717) is 67.3 Å². The Morgan fingerprint density at radius 3 is 2.30 bits per heavy atom. The Hall–Kier alpha value is -4.51. The van der Waals surface area contributed by atoms with E-state index in [9.17, 15) is 4.79 Å². The minimum absolute atomic E-state index is 0.300. The van der Waals surface area contributed by atoms with Crippen LogP contribution in [0, 0.1) is 11.8 Å². The van der Waals surface area contributed by atoms with Crippen LogP contribution in [0.4, 0.5) is 11.4 Å². The van der Waals surface area contributed by atoms with Crippen molar-refractivity contribution in [2.24, 2.45) is 11.8 Å². The second-order valence-electron chi connectivity index (χ2n) is 11.3. The normalized spacial score (nSPS) is 17.4. The number of imidazole rings is 1. The molecule has 2 atom stereocenters. The molecule has 46 heavy (non-hydrogen) atoms. The molecule has 2 fully saturated rings. The lowest BCUT2D eigenvalue weighted by Crippen LogP contribution is -2.24. The van der Waals surface area contributed by atoms with Crippen molar-refractivity contribution < 1.29 is 23.7 Å². The Kier molecular flexibility index (Phi) is 7.88. The highest BCUT2D eigenvalue weighted by Gasteiger charge is 2.38. The fraction of sp³-hybridized carbons (Fsp3) is 0.265. The van der Waals surface area contributed by atoms with Gasteiger partial charge in [-0.15, -0.1) is 0 Å². The summed E-state index contributed by atoms with van der Waals surface area (Å²) in [5.41, 5.74) is 5.62. The predicted molar refractivity (Wildman–Crippen MR) is 180 cm³/mol. The molecule has 12 heteroatoms. The Morgan fingerprint density at radius 2 is 1.65 bits per heavy atom. The Morgan fingerprint density at radius 1 is 0.957 bits per heavy atom. The van der Waals surface area contributed by atoms with Gasteiger partial charge in [0, 0.05) is 77.7 Å². The van der Waals surface area contributed by atoms with E-state index in [2.05, 4.69) is 21.8 Å². The lowest BCUT2D eigenvalue weighted by Gasteiger charge is -2.25. The molecule has 0 aliphatic carbocycles. The van der Waals surface area contributed by atoms with Gasteiger partial charge in [-0.3, -0.25) is 14.2 Å². The van der Waals surface area contributed by atoms with Crippen LogP contribution in [-0.2, 0) is 9.53 Å². The van der Waals surface area contributed by atoms with Gasteiger partial charge in [-0.2, -0.15) is 0 Å². The molecule has 2 aliphatic rings. The largest absolute Gasteiger partial charge is 0.496 e. The third-order valence-corrected chi connectivity index (χ3v) is 9.56. The van der Waals surface area contributed by atoms with Crippen molar-refractivity contribution in [1.82, 2.24) is 14.4 Å². The number of halogens is 2. The van der Waals surface area contributed by atoms with Crippen molar-refractivity contribution in [2.45, 2.75) is 0 Å². The summed E-state index contributed by atoms with van der Waals surface area (Å²) >= 11 is 13.6. The Balaban J connectivity index is 1.37. The zero-order chi connectivity index (χ0) is 32.1. The van der Waals surface area contributed by atoms with Crippen LogP contribution in [0.2, 0.25) is 10.0 Å². The van der Waals surface area contributed by atoms with Crippen LogP contribution in [0.25, 0.3) is 38.9 Å². The van der Waals surface area contributed by atoms with Crippen LogP contribution in [0.1, 0.15) is 0 Å². The first kappa shape index (κ1) is 30.2. The predicted octanol–water partition coefficient (Wildman–Crippen LogP) is 6.76. The molecule has 10 nitrogen and oxygen atoms in total. The number of benzene rings is 2. The number of carbonyl (C=O) groups excluding carboxylic acids is 1. The molecule has 0 bridgehead atoms. The number of rotatable bonds is 8. The fourth-order valence-electron chi connectivity index (χ4n) is 6.51. The molecule has 7 rings (SSSR count). The van der Waals surface area contributed by atoms with Crippen LogP contribution >= 0.6 is 23.2 Å². The van der Waals surface area contributed by atoms with Gasteiger partial charge in [0.25, 0.3) is 0 Å². The molecule has 2 aromatic carbocycles. The van der Waals surface area contributed by atoms with Gasteiger partial charge in [0.2, 0.25) is 5.91 Å². The summed E-state index contributed by atoms with van der Waals surface area (Å²) in [5, 5.41) is 4.51. The van der Waals surface area contributed by atoms with Crippen molar-refractivity contribution in [2.75, 3.05) is 57.8 Å². The number of carbonyl (C=O) groups is 1. The molecule has 5 aromatic rings. The summed E-state index contributed by atoms with van der Waals surface area (Å²) < 4.78 is 24.6. The van der Waals surface area contributed by atoms with Gasteiger partial charge in [-0.1, -0.05) is 29.8 Å². The SMILES string of the molecule is C=CC(=O)Nc1cc(-c2cc3c(cn2)cc(-c2c(Cl)c(OC)cc(OC)c2Cl)c2nccn23)c(OC)cc1N1CC2COCC2C1. The lowest BCUT2D eigenvalue weighted by molar-refractivity contribution is -0.111. The molecule has 1 N–H and O–H groups in total. The molecule has 3 aromatic heterocycles. The number of hydrogen-bond donors (Lipinski definition) is 1. The quantitative estimate of drug-likeness (QED) is 0.183. The number of methoxy groups -OCH3 is 3. The summed E-state index contributed by atoms with van der Waals surface area (Å²) in [4.78, 5) is 24.3. The summed E-state index contributed by atoms with van der Waals surface area (Å²) in [5.74, 6) is 2.10. The number of ether oxygens (including phenoxy) is 4. The Labute approximate surface area is 275 Å². The maximum absolute atomic E-state index is 12.6. The smallest absolute Gasteiger partial charge is 0.247 e. The van der Waals surface area contributed by atoms with E-state index >= 15 is 0 Å². The minimum atomic E-state index is -0.300. The van der Waals surface area contributed by atoms with Crippen molar-refractivity contribution in [1.29, 1.82) is 0 Å². The first-order valence-electron chi connectivity index (χ1n) is 14.7. The van der Waals surface area contributed by atoms with Crippen molar-refractivity contribution >= 4 is 57.0 Å². The number of pyridine rings is 2. The topological polar surface area (TPSA) is 99.5 Å². The number of nitrogens with zero attached hydrogens (tertiary/aromatic N) is 4. The van der Waals surface area contributed by atoms with E-state index in [1.807, 2.05) is 34.9 Å². The maximum atomic E-state index is 12.6. The van der Waals surface area contributed by atoms with Gasteiger partial charge in [-0.25, -0.2) is 4.98 Å². The molecule has 1 amide bonds. The van der Waals surface area contributed by atoms with Gasteiger partial charge in [0.15, 0.2) is 0 Å². The number of amides is 1. The standard InChI is InChI=1S/C34H31Cl2N5O5/c1-5-30(42)39-24-9-21(27(43-2)11-26(24)40-14-19-16-46-17-20(19)15-40)23-10-25-18(13-38-23)8-22(34-37-6-7-41(25)34)31-32(35)28(44-3)12-29(45-4)33(31)36/h5-13,19-20H,1,14-17H2,2-4H3,(H,39,42). The molecule has 0 spiro atoms. The zero-order valence-electron chi connectivity index (χ0n) is 25.5. The highest BCUT2D eigenvalue weighted by molar-refractivity contribution is 6.41. The third-order valence-electron chi connectivity index (χ3n) is 8.81. The molecule has 2 aliphatic heterocycles. The van der Waals surface area contributed by atoms with Gasteiger partial charge in [-0.05, 0) is 24.3 Å². The van der Waals surface area contributed by atoms with Gasteiger partial charge in [0.1, 0.15) is 22.9 Å². The highest BCUT2D eigenvalue weighted by Crippen LogP contribution is 2.48. The number of hydrogen-bond acceptors (Lipinski definition) is 8. The average molecular weight is 661 g/mol. The van der Waals surface area contributed by atoms with Gasteiger partial charge < -0.3 is 29.2 Å². The second-order valence-corrected chi connectivity index (χ2v) is 12.1. The molecule has 236 valence electrons. The number of nitrogens with one attached hydrogen (secondary N) is 1. The number of fused-ring (bicyclic) bond motifs is 4. The summed E-state index contributed by atoms with van der Waals surface area (Å²) in [6.07, 6.45) is 6.63. The van der Waals surface area contributed by atoms with Crippen LogP contribution < -0.4 is 24.4 Å². The molecule has 2 saturated heterocycles. The molecular weight excluding hydrogens is 629 g/mol. The van der Waals surface area contributed by atoms with Crippen molar-refractivity contribution in [3.63, 3.8) is 0 Å². The van der Waals surface area contributed by atoms with E-state index in [0.717, 1.165) is 48.5 Å². The average Bonchev–Trinajstić information content (AvgIpc) is 3.82. The van der Waals surface area contributed by atoms with Gasteiger partial charge >= 0.3 is 0 Å². The number of aromatic nitrogens is 3. The number of anilines is 2. The maximum Gasteiger partial charge on any atom is 0.247 e. The molecule has 0 saturated carbocycles. The van der Waals surface area contributed by atoms with Crippen LogP contribution in [0.3, 0.4) is 0 Å². The molecule has 5 heterocycles. The second kappa shape index (κ2) is 12.0. The van der Waals surface area contributed by atoms with E-state index in [4.69, 9.17) is 47.1 Å². The summed E-state index contributed by atoms with van der Waals surface area (Å²) in [6.45, 7) is 6.82. The van der Waals surface area contributed by atoms with Crippen LogP contribution in [0.15, 0.2) is 61.6 Å². The van der Waals surface area contributed by atoms with Crippen LogP contribution in [-0.4, -0.2) is 67.9 Å². The van der Waals surface area contributed by atoms with E-state index in [1.165, 1.54) is 20.3 Å². The van der Waals surface area contributed by atoms with E-state index in [-0.39, 0.29) is 5.91 Å².